The highest BCUT2D eigenvalue weighted by Crippen LogP contribution is 2.39. The molecule has 4 rings (SSSR count). The zero-order chi connectivity index (χ0) is 16.5. The van der Waals surface area contributed by atoms with Crippen LogP contribution in [0, 0.1) is 0 Å². The van der Waals surface area contributed by atoms with Crippen LogP contribution in [0.3, 0.4) is 0 Å². The number of aromatic amines is 1. The molecule has 0 spiro atoms. The van der Waals surface area contributed by atoms with Crippen LogP contribution < -0.4 is 5.32 Å². The van der Waals surface area contributed by atoms with Crippen molar-refractivity contribution >= 4 is 23.3 Å². The van der Waals surface area contributed by atoms with Gasteiger partial charge in [0.15, 0.2) is 11.6 Å². The molecule has 8 heteroatoms. The fraction of sp³-hybridized carbons (Fsp3) is 0.250. The fourth-order valence-electron chi connectivity index (χ4n) is 2.47. The van der Waals surface area contributed by atoms with Crippen LogP contribution in [0.15, 0.2) is 36.8 Å². The number of aromatic nitrogens is 5. The second-order valence-corrected chi connectivity index (χ2v) is 6.27. The summed E-state index contributed by atoms with van der Waals surface area (Å²) in [4.78, 5) is 16.3. The Morgan fingerprint density at radius 2 is 2.29 bits per heavy atom. The van der Waals surface area contributed by atoms with Crippen LogP contribution in [-0.4, -0.2) is 30.9 Å². The second kappa shape index (κ2) is 6.09. The number of nitrogens with zero attached hydrogens (tertiary/aromatic N) is 4. The van der Waals surface area contributed by atoms with Gasteiger partial charge in [0.25, 0.3) is 0 Å². The predicted octanol–water partition coefficient (Wildman–Crippen LogP) is 2.70. The maximum absolute atomic E-state index is 12.1. The lowest BCUT2D eigenvalue weighted by atomic mass is 10.2. The van der Waals surface area contributed by atoms with Crippen molar-refractivity contribution in [3.05, 3.63) is 53.1 Å². The highest BCUT2D eigenvalue weighted by Gasteiger charge is 2.25. The Labute approximate surface area is 143 Å². The Morgan fingerprint density at radius 1 is 1.42 bits per heavy atom. The quantitative estimate of drug-likeness (QED) is 0.746. The average Bonchev–Trinajstić information content (AvgIpc) is 3.13. The van der Waals surface area contributed by atoms with E-state index < -0.39 is 0 Å². The molecule has 3 aromatic rings. The van der Waals surface area contributed by atoms with Crippen LogP contribution >= 0.6 is 11.6 Å². The molecule has 122 valence electrons. The number of carbonyl (C=O) groups excluding carboxylic acids is 1. The molecule has 3 heterocycles. The predicted molar refractivity (Wildman–Crippen MR) is 89.3 cm³/mol. The summed E-state index contributed by atoms with van der Waals surface area (Å²) in [6, 6.07) is 5.30. The van der Waals surface area contributed by atoms with Crippen LogP contribution in [0.4, 0.5) is 5.82 Å². The van der Waals surface area contributed by atoms with Crippen molar-refractivity contribution in [2.75, 3.05) is 5.32 Å². The average molecular weight is 343 g/mol. The molecule has 24 heavy (non-hydrogen) atoms. The Bertz CT molecular complexity index is 882. The van der Waals surface area contributed by atoms with Gasteiger partial charge in [-0.05, 0) is 24.5 Å². The first kappa shape index (κ1) is 14.9. The van der Waals surface area contributed by atoms with E-state index in [-0.39, 0.29) is 12.3 Å². The van der Waals surface area contributed by atoms with Crippen molar-refractivity contribution in [2.45, 2.75) is 25.2 Å². The van der Waals surface area contributed by atoms with Gasteiger partial charge in [0, 0.05) is 41.2 Å². The number of H-pyrrole nitrogens is 1. The van der Waals surface area contributed by atoms with E-state index in [2.05, 4.69) is 25.6 Å². The van der Waals surface area contributed by atoms with E-state index in [1.807, 2.05) is 6.07 Å². The van der Waals surface area contributed by atoms with E-state index in [9.17, 15) is 4.79 Å². The SMILES string of the molecule is O=C(Cc1cnn(-c2cc(Cl)ccn2)c1)Nc1cc(C2CC2)[nH]n1. The molecule has 1 aliphatic carbocycles. The van der Waals surface area contributed by atoms with Crippen molar-refractivity contribution in [1.29, 1.82) is 0 Å². The maximum atomic E-state index is 12.1. The highest BCUT2D eigenvalue weighted by atomic mass is 35.5. The molecule has 0 aromatic carbocycles. The third kappa shape index (κ3) is 3.30. The topological polar surface area (TPSA) is 88.5 Å². The minimum Gasteiger partial charge on any atom is -0.309 e. The molecule has 7 nitrogen and oxygen atoms in total. The van der Waals surface area contributed by atoms with Crippen LogP contribution in [0.1, 0.15) is 30.0 Å². The highest BCUT2D eigenvalue weighted by molar-refractivity contribution is 6.30. The summed E-state index contributed by atoms with van der Waals surface area (Å²) in [7, 11) is 0. The summed E-state index contributed by atoms with van der Waals surface area (Å²) in [6.45, 7) is 0. The summed E-state index contributed by atoms with van der Waals surface area (Å²) in [5.74, 6) is 1.61. The van der Waals surface area contributed by atoms with Crippen molar-refractivity contribution in [1.82, 2.24) is 25.0 Å². The summed E-state index contributed by atoms with van der Waals surface area (Å²) in [6.07, 6.45) is 7.60. The molecule has 1 aliphatic rings. The fourth-order valence-corrected chi connectivity index (χ4v) is 2.63. The number of hydrogen-bond donors (Lipinski definition) is 2. The van der Waals surface area contributed by atoms with Crippen LogP contribution in [0.25, 0.3) is 5.82 Å². The Kier molecular flexibility index (Phi) is 3.78. The van der Waals surface area contributed by atoms with Crippen LogP contribution in [0.5, 0.6) is 0 Å². The molecule has 0 saturated heterocycles. The van der Waals surface area contributed by atoms with Gasteiger partial charge in [-0.3, -0.25) is 9.89 Å². The van der Waals surface area contributed by atoms with Crippen molar-refractivity contribution in [3.63, 3.8) is 0 Å². The summed E-state index contributed by atoms with van der Waals surface area (Å²) < 4.78 is 1.59. The first-order valence-electron chi connectivity index (χ1n) is 7.68. The zero-order valence-electron chi connectivity index (χ0n) is 12.7. The molecule has 0 unspecified atom stereocenters. The van der Waals surface area contributed by atoms with Gasteiger partial charge in [0.2, 0.25) is 5.91 Å². The second-order valence-electron chi connectivity index (χ2n) is 5.83. The minimum absolute atomic E-state index is 0.137. The minimum atomic E-state index is -0.137. The monoisotopic (exact) mass is 342 g/mol. The largest absolute Gasteiger partial charge is 0.309 e. The molecule has 1 saturated carbocycles. The molecule has 3 aromatic heterocycles. The first-order chi connectivity index (χ1) is 11.7. The number of hydrogen-bond acceptors (Lipinski definition) is 4. The van der Waals surface area contributed by atoms with Gasteiger partial charge in [0.1, 0.15) is 0 Å². The molecule has 0 radical (unpaired) electrons. The van der Waals surface area contributed by atoms with Gasteiger partial charge >= 0.3 is 0 Å². The van der Waals surface area contributed by atoms with Crippen molar-refractivity contribution in [3.8, 4) is 5.82 Å². The lowest BCUT2D eigenvalue weighted by molar-refractivity contribution is -0.115. The van der Waals surface area contributed by atoms with Crippen LogP contribution in [-0.2, 0) is 11.2 Å². The zero-order valence-corrected chi connectivity index (χ0v) is 13.5. The number of nitrogens with one attached hydrogen (secondary N) is 2. The number of pyridine rings is 1. The van der Waals surface area contributed by atoms with E-state index in [4.69, 9.17) is 11.6 Å². The van der Waals surface area contributed by atoms with Gasteiger partial charge in [-0.15, -0.1) is 0 Å². The number of halogens is 1. The number of anilines is 1. The smallest absolute Gasteiger partial charge is 0.230 e. The molecule has 2 N–H and O–H groups in total. The maximum Gasteiger partial charge on any atom is 0.230 e. The lowest BCUT2D eigenvalue weighted by Crippen LogP contribution is -2.14. The molecular formula is C16H15ClN6O. The van der Waals surface area contributed by atoms with Gasteiger partial charge in [-0.1, -0.05) is 11.6 Å². The van der Waals surface area contributed by atoms with Gasteiger partial charge in [0.05, 0.1) is 12.6 Å². The van der Waals surface area contributed by atoms with Gasteiger partial charge in [-0.25, -0.2) is 9.67 Å². The standard InChI is InChI=1S/C16H15ClN6O/c17-12-3-4-18-15(6-12)23-9-10(8-19-23)5-16(24)20-14-7-13(21-22-14)11-1-2-11/h3-4,6-9,11H,1-2,5H2,(H2,20,21,22,24). The molecular weight excluding hydrogens is 328 g/mol. The molecule has 0 aliphatic heterocycles. The molecule has 1 fully saturated rings. The van der Waals surface area contributed by atoms with Crippen molar-refractivity contribution < 1.29 is 4.79 Å². The van der Waals surface area contributed by atoms with E-state index in [0.29, 0.717) is 22.6 Å². The first-order valence-corrected chi connectivity index (χ1v) is 8.06. The van der Waals surface area contributed by atoms with E-state index in [1.54, 1.807) is 35.4 Å². The van der Waals surface area contributed by atoms with Gasteiger partial charge < -0.3 is 5.32 Å². The van der Waals surface area contributed by atoms with E-state index in [0.717, 1.165) is 11.3 Å². The molecule has 0 bridgehead atoms. The number of rotatable bonds is 5. The molecule has 0 atom stereocenters. The Hall–Kier alpha value is -2.67. The van der Waals surface area contributed by atoms with Crippen LogP contribution in [0.2, 0.25) is 5.02 Å². The molecule has 1 amide bonds. The van der Waals surface area contributed by atoms with E-state index >= 15 is 0 Å². The summed E-state index contributed by atoms with van der Waals surface area (Å²) in [5, 5.41) is 14.7. The normalized spacial score (nSPS) is 13.9. The number of amides is 1. The Balaban J connectivity index is 1.40. The summed E-state index contributed by atoms with van der Waals surface area (Å²) >= 11 is 5.95. The van der Waals surface area contributed by atoms with Crippen molar-refractivity contribution in [2.24, 2.45) is 0 Å². The number of carbonyl (C=O) groups is 1. The van der Waals surface area contributed by atoms with Gasteiger partial charge in [-0.2, -0.15) is 10.2 Å². The third-order valence-corrected chi connectivity index (χ3v) is 4.06. The third-order valence-electron chi connectivity index (χ3n) is 3.83. The summed E-state index contributed by atoms with van der Waals surface area (Å²) in [5.41, 5.74) is 1.87. The lowest BCUT2D eigenvalue weighted by Gasteiger charge is -2.00. The van der Waals surface area contributed by atoms with E-state index in [1.165, 1.54) is 12.8 Å². The Morgan fingerprint density at radius 3 is 3.08 bits per heavy atom.